The van der Waals surface area contributed by atoms with Crippen LogP contribution in [0.1, 0.15) is 33.6 Å². The minimum absolute atomic E-state index is 0.0869. The van der Waals surface area contributed by atoms with E-state index in [0.717, 1.165) is 0 Å². The first-order chi connectivity index (χ1) is 6.62. The van der Waals surface area contributed by atoms with Gasteiger partial charge in [-0.1, -0.05) is 13.8 Å². The zero-order valence-electron chi connectivity index (χ0n) is 9.12. The molecule has 0 bridgehead atoms. The highest BCUT2D eigenvalue weighted by Gasteiger charge is 2.25. The fourth-order valence-corrected chi connectivity index (χ4v) is 1.38. The molecule has 0 unspecified atom stereocenters. The second-order valence-electron chi connectivity index (χ2n) is 3.05. The lowest BCUT2D eigenvalue weighted by molar-refractivity contribution is -0.140. The SMILES string of the molecule is CCC(=O)[C@@H](CO)N(CC)C(=O)CC. The van der Waals surface area contributed by atoms with Crippen molar-refractivity contribution in [1.29, 1.82) is 0 Å². The third kappa shape index (κ3) is 3.10. The monoisotopic (exact) mass is 201 g/mol. The predicted octanol–water partition coefficient (Wildman–Crippen LogP) is 0.585. The van der Waals surface area contributed by atoms with E-state index in [0.29, 0.717) is 19.4 Å². The molecule has 0 saturated carbocycles. The second kappa shape index (κ2) is 6.54. The maximum Gasteiger partial charge on any atom is 0.222 e. The highest BCUT2D eigenvalue weighted by atomic mass is 16.3. The van der Waals surface area contributed by atoms with E-state index in [2.05, 4.69) is 0 Å². The third-order valence-corrected chi connectivity index (χ3v) is 2.23. The van der Waals surface area contributed by atoms with Gasteiger partial charge in [0.15, 0.2) is 5.78 Å². The molecule has 1 amide bonds. The van der Waals surface area contributed by atoms with Crippen LogP contribution in [0.3, 0.4) is 0 Å². The Morgan fingerprint density at radius 3 is 2.07 bits per heavy atom. The number of amides is 1. The van der Waals surface area contributed by atoms with E-state index in [1.54, 1.807) is 20.8 Å². The first-order valence-corrected chi connectivity index (χ1v) is 5.05. The van der Waals surface area contributed by atoms with Crippen LogP contribution in [0.5, 0.6) is 0 Å². The highest BCUT2D eigenvalue weighted by Crippen LogP contribution is 2.05. The van der Waals surface area contributed by atoms with Crippen molar-refractivity contribution < 1.29 is 14.7 Å². The summed E-state index contributed by atoms with van der Waals surface area (Å²) >= 11 is 0. The quantitative estimate of drug-likeness (QED) is 0.684. The maximum absolute atomic E-state index is 11.4. The van der Waals surface area contributed by atoms with E-state index < -0.39 is 6.04 Å². The number of hydrogen-bond donors (Lipinski definition) is 1. The average Bonchev–Trinajstić information content (AvgIpc) is 2.23. The van der Waals surface area contributed by atoms with Crippen LogP contribution in [0.25, 0.3) is 0 Å². The van der Waals surface area contributed by atoms with E-state index in [4.69, 9.17) is 5.11 Å². The topological polar surface area (TPSA) is 57.6 Å². The number of likely N-dealkylation sites (N-methyl/N-ethyl adjacent to an activating group) is 1. The van der Waals surface area contributed by atoms with Gasteiger partial charge in [-0.25, -0.2) is 0 Å². The summed E-state index contributed by atoms with van der Waals surface area (Å²) in [7, 11) is 0. The summed E-state index contributed by atoms with van der Waals surface area (Å²) in [4.78, 5) is 24.3. The summed E-state index contributed by atoms with van der Waals surface area (Å²) in [5.74, 6) is -0.176. The van der Waals surface area contributed by atoms with Gasteiger partial charge in [0.2, 0.25) is 5.91 Å². The molecule has 0 radical (unpaired) electrons. The van der Waals surface area contributed by atoms with E-state index >= 15 is 0 Å². The largest absolute Gasteiger partial charge is 0.394 e. The van der Waals surface area contributed by atoms with Crippen LogP contribution in [0.15, 0.2) is 0 Å². The summed E-state index contributed by atoms with van der Waals surface area (Å²) in [6.45, 7) is 5.46. The molecule has 14 heavy (non-hydrogen) atoms. The van der Waals surface area contributed by atoms with Crippen LogP contribution in [0.4, 0.5) is 0 Å². The van der Waals surface area contributed by atoms with Crippen molar-refractivity contribution in [3.8, 4) is 0 Å². The van der Waals surface area contributed by atoms with Crippen LogP contribution in [0.2, 0.25) is 0 Å². The molecule has 0 aliphatic heterocycles. The molecule has 82 valence electrons. The van der Waals surface area contributed by atoms with Gasteiger partial charge in [0.25, 0.3) is 0 Å². The average molecular weight is 201 g/mol. The molecule has 0 fully saturated rings. The van der Waals surface area contributed by atoms with Crippen LogP contribution in [-0.4, -0.2) is 40.9 Å². The van der Waals surface area contributed by atoms with Gasteiger partial charge in [0.1, 0.15) is 6.04 Å². The van der Waals surface area contributed by atoms with Gasteiger partial charge < -0.3 is 10.0 Å². The lowest BCUT2D eigenvalue weighted by Gasteiger charge is -2.27. The number of aliphatic hydroxyl groups is 1. The smallest absolute Gasteiger partial charge is 0.222 e. The van der Waals surface area contributed by atoms with Gasteiger partial charge in [0.05, 0.1) is 6.61 Å². The molecule has 0 heterocycles. The Hall–Kier alpha value is -0.900. The summed E-state index contributed by atoms with van der Waals surface area (Å²) in [5, 5.41) is 9.06. The molecule has 0 spiro atoms. The number of nitrogens with zero attached hydrogens (tertiary/aromatic N) is 1. The Morgan fingerprint density at radius 2 is 1.79 bits per heavy atom. The van der Waals surface area contributed by atoms with Gasteiger partial charge in [-0.15, -0.1) is 0 Å². The molecule has 4 heteroatoms. The van der Waals surface area contributed by atoms with Crippen molar-refractivity contribution in [2.45, 2.75) is 39.7 Å². The summed E-state index contributed by atoms with van der Waals surface area (Å²) in [6.07, 6.45) is 0.708. The lowest BCUT2D eigenvalue weighted by Crippen LogP contribution is -2.46. The van der Waals surface area contributed by atoms with E-state index in [9.17, 15) is 9.59 Å². The number of ketones is 1. The zero-order chi connectivity index (χ0) is 11.1. The maximum atomic E-state index is 11.4. The van der Waals surface area contributed by atoms with Crippen LogP contribution < -0.4 is 0 Å². The standard InChI is InChI=1S/C10H19NO3/c1-4-9(13)8(7-12)11(6-3)10(14)5-2/h8,12H,4-7H2,1-3H3/t8-/m1/s1. The molecular formula is C10H19NO3. The van der Waals surface area contributed by atoms with E-state index in [1.807, 2.05) is 0 Å². The van der Waals surface area contributed by atoms with Crippen molar-refractivity contribution in [3.63, 3.8) is 0 Å². The van der Waals surface area contributed by atoms with Gasteiger partial charge in [-0.2, -0.15) is 0 Å². The first-order valence-electron chi connectivity index (χ1n) is 5.05. The molecule has 1 atom stereocenters. The molecule has 0 aromatic heterocycles. The van der Waals surface area contributed by atoms with Crippen molar-refractivity contribution in [3.05, 3.63) is 0 Å². The Bertz CT molecular complexity index is 182. The molecule has 0 rings (SSSR count). The first kappa shape index (κ1) is 13.1. The van der Waals surface area contributed by atoms with Gasteiger partial charge in [0, 0.05) is 19.4 Å². The molecule has 0 aliphatic carbocycles. The van der Waals surface area contributed by atoms with E-state index in [-0.39, 0.29) is 18.3 Å². The van der Waals surface area contributed by atoms with E-state index in [1.165, 1.54) is 4.90 Å². The normalized spacial score (nSPS) is 12.3. The lowest BCUT2D eigenvalue weighted by atomic mass is 10.1. The molecule has 4 nitrogen and oxygen atoms in total. The Labute approximate surface area is 84.9 Å². The molecule has 0 aromatic carbocycles. The molecule has 0 saturated heterocycles. The van der Waals surface area contributed by atoms with Gasteiger partial charge in [-0.3, -0.25) is 9.59 Å². The van der Waals surface area contributed by atoms with Crippen LogP contribution in [-0.2, 0) is 9.59 Å². The zero-order valence-corrected chi connectivity index (χ0v) is 9.12. The van der Waals surface area contributed by atoms with Crippen LogP contribution >= 0.6 is 0 Å². The van der Waals surface area contributed by atoms with Gasteiger partial charge >= 0.3 is 0 Å². The number of rotatable bonds is 6. The minimum Gasteiger partial charge on any atom is -0.394 e. The number of aliphatic hydroxyl groups excluding tert-OH is 1. The number of hydrogen-bond acceptors (Lipinski definition) is 3. The van der Waals surface area contributed by atoms with Crippen molar-refractivity contribution >= 4 is 11.7 Å². The predicted molar refractivity (Wildman–Crippen MR) is 53.8 cm³/mol. The molecule has 1 N–H and O–H groups in total. The third-order valence-electron chi connectivity index (χ3n) is 2.23. The second-order valence-corrected chi connectivity index (χ2v) is 3.05. The fourth-order valence-electron chi connectivity index (χ4n) is 1.38. The van der Waals surface area contributed by atoms with Crippen molar-refractivity contribution in [1.82, 2.24) is 4.90 Å². The van der Waals surface area contributed by atoms with Crippen molar-refractivity contribution in [2.24, 2.45) is 0 Å². The molecule has 0 aliphatic rings. The summed E-state index contributed by atoms with van der Waals surface area (Å²) in [6, 6.07) is -0.655. The number of carbonyl (C=O) groups excluding carboxylic acids is 2. The van der Waals surface area contributed by atoms with Crippen LogP contribution in [0, 0.1) is 0 Å². The Morgan fingerprint density at radius 1 is 1.21 bits per heavy atom. The van der Waals surface area contributed by atoms with Gasteiger partial charge in [-0.05, 0) is 6.92 Å². The Kier molecular flexibility index (Phi) is 6.12. The Balaban J connectivity index is 4.60. The number of Topliss-reactive ketones (excluding diaryl/α,β-unsaturated/α-hetero) is 1. The van der Waals surface area contributed by atoms with Crippen molar-refractivity contribution in [2.75, 3.05) is 13.2 Å². The molecule has 0 aromatic rings. The summed E-state index contributed by atoms with van der Waals surface area (Å²) < 4.78 is 0. The summed E-state index contributed by atoms with van der Waals surface area (Å²) in [5.41, 5.74) is 0. The fraction of sp³-hybridized carbons (Fsp3) is 0.800. The molecular weight excluding hydrogens is 182 g/mol. The number of carbonyl (C=O) groups is 2. The minimum atomic E-state index is -0.655. The highest BCUT2D eigenvalue weighted by molar-refractivity contribution is 5.88.